The first-order chi connectivity index (χ1) is 12.1. The van der Waals surface area contributed by atoms with Crippen molar-refractivity contribution in [3.05, 3.63) is 42.2 Å². The molecule has 0 aliphatic carbocycles. The lowest BCUT2D eigenvalue weighted by molar-refractivity contribution is -0.130. The van der Waals surface area contributed by atoms with Crippen LogP contribution in [-0.2, 0) is 16.1 Å². The van der Waals surface area contributed by atoms with Crippen molar-refractivity contribution in [2.75, 3.05) is 13.2 Å². The summed E-state index contributed by atoms with van der Waals surface area (Å²) in [7, 11) is 0. The van der Waals surface area contributed by atoms with Gasteiger partial charge in [0.25, 0.3) is 0 Å². The number of hydrogen-bond acceptors (Lipinski definition) is 6. The highest BCUT2D eigenvalue weighted by atomic mass is 35.5. The number of nitrogens with two attached hydrogens (primary N) is 1. The number of para-hydroxylation sites is 1. The third kappa shape index (κ3) is 3.76. The molecule has 0 radical (unpaired) electrons. The number of carbonyl (C=O) groups is 1. The van der Waals surface area contributed by atoms with Gasteiger partial charge < -0.3 is 20.2 Å². The summed E-state index contributed by atoms with van der Waals surface area (Å²) < 4.78 is 12.2. The van der Waals surface area contributed by atoms with Gasteiger partial charge in [-0.3, -0.25) is 4.79 Å². The molecule has 26 heavy (non-hydrogen) atoms. The smallest absolute Gasteiger partial charge is 0.240 e. The Balaban J connectivity index is 0.00000196. The lowest BCUT2D eigenvalue weighted by Crippen LogP contribution is -2.56. The summed E-state index contributed by atoms with van der Waals surface area (Å²) in [4.78, 5) is 16.9. The number of nitrogens with zero attached hydrogens (tertiary/aromatic N) is 1. The number of thiazole rings is 1. The fraction of sp³-hybridized carbons (Fsp3) is 0.333. The van der Waals surface area contributed by atoms with E-state index in [1.165, 1.54) is 0 Å². The van der Waals surface area contributed by atoms with Crippen molar-refractivity contribution < 1.29 is 13.9 Å². The van der Waals surface area contributed by atoms with Gasteiger partial charge in [0.1, 0.15) is 5.76 Å². The Morgan fingerprint density at radius 1 is 1.23 bits per heavy atom. The van der Waals surface area contributed by atoms with Crippen molar-refractivity contribution in [1.29, 1.82) is 0 Å². The van der Waals surface area contributed by atoms with E-state index in [1.54, 1.807) is 11.3 Å². The van der Waals surface area contributed by atoms with E-state index in [0.29, 0.717) is 44.1 Å². The van der Waals surface area contributed by atoms with Crippen LogP contribution in [0.25, 0.3) is 21.0 Å². The zero-order valence-corrected chi connectivity index (χ0v) is 15.7. The van der Waals surface area contributed by atoms with Crippen molar-refractivity contribution >= 4 is 39.9 Å². The molecule has 1 aromatic carbocycles. The van der Waals surface area contributed by atoms with Gasteiger partial charge in [-0.25, -0.2) is 4.98 Å². The van der Waals surface area contributed by atoms with Crippen molar-refractivity contribution in [3.8, 4) is 10.8 Å². The highest BCUT2D eigenvalue weighted by molar-refractivity contribution is 7.21. The first kappa shape index (κ1) is 18.8. The quantitative estimate of drug-likeness (QED) is 0.710. The maximum absolute atomic E-state index is 12.3. The predicted molar refractivity (Wildman–Crippen MR) is 103 cm³/mol. The second kappa shape index (κ2) is 7.75. The lowest BCUT2D eigenvalue weighted by Gasteiger charge is -2.31. The molecule has 1 fully saturated rings. The molecular weight excluding hydrogens is 374 g/mol. The SMILES string of the molecule is Cl.NC1(C(=O)NCc2ccc(-c3nc4ccccc4s3)o2)CCOCC1. The summed E-state index contributed by atoms with van der Waals surface area (Å²) >= 11 is 1.58. The first-order valence-corrected chi connectivity index (χ1v) is 9.05. The molecular formula is C18H20ClN3O3S. The second-order valence-electron chi connectivity index (χ2n) is 6.20. The van der Waals surface area contributed by atoms with Crippen LogP contribution in [0.5, 0.6) is 0 Å². The molecule has 6 nitrogen and oxygen atoms in total. The van der Waals surface area contributed by atoms with Crippen LogP contribution < -0.4 is 11.1 Å². The number of halogens is 1. The molecule has 2 aromatic heterocycles. The molecule has 1 aliphatic rings. The van der Waals surface area contributed by atoms with Crippen LogP contribution >= 0.6 is 23.7 Å². The Kier molecular flexibility index (Phi) is 5.62. The summed E-state index contributed by atoms with van der Waals surface area (Å²) in [5.41, 5.74) is 6.29. The van der Waals surface area contributed by atoms with E-state index in [1.807, 2.05) is 36.4 Å². The minimum atomic E-state index is -0.847. The molecule has 8 heteroatoms. The first-order valence-electron chi connectivity index (χ1n) is 8.24. The van der Waals surface area contributed by atoms with E-state index in [9.17, 15) is 4.79 Å². The van der Waals surface area contributed by atoms with Crippen LogP contribution in [0.2, 0.25) is 0 Å². The summed E-state index contributed by atoms with van der Waals surface area (Å²) in [6, 6.07) is 11.7. The maximum atomic E-state index is 12.3. The average molecular weight is 394 g/mol. The third-order valence-electron chi connectivity index (χ3n) is 4.43. The fourth-order valence-corrected chi connectivity index (χ4v) is 3.80. The van der Waals surface area contributed by atoms with E-state index in [4.69, 9.17) is 14.9 Å². The van der Waals surface area contributed by atoms with Gasteiger partial charge in [-0.15, -0.1) is 23.7 Å². The van der Waals surface area contributed by atoms with Gasteiger partial charge in [-0.05, 0) is 37.1 Å². The molecule has 1 amide bonds. The third-order valence-corrected chi connectivity index (χ3v) is 5.48. The fourth-order valence-electron chi connectivity index (χ4n) is 2.87. The number of rotatable bonds is 4. The number of hydrogen-bond donors (Lipinski definition) is 2. The molecule has 138 valence electrons. The lowest BCUT2D eigenvalue weighted by atomic mass is 9.90. The van der Waals surface area contributed by atoms with Crippen LogP contribution in [0, 0.1) is 0 Å². The van der Waals surface area contributed by atoms with Crippen LogP contribution in [0.3, 0.4) is 0 Å². The number of amides is 1. The van der Waals surface area contributed by atoms with Crippen molar-refractivity contribution in [1.82, 2.24) is 10.3 Å². The summed E-state index contributed by atoms with van der Waals surface area (Å²) in [6.45, 7) is 1.35. The molecule has 4 rings (SSSR count). The van der Waals surface area contributed by atoms with Gasteiger partial charge in [0.05, 0.1) is 22.3 Å². The highest BCUT2D eigenvalue weighted by Crippen LogP contribution is 2.31. The molecule has 3 heterocycles. The van der Waals surface area contributed by atoms with Gasteiger partial charge in [-0.2, -0.15) is 0 Å². The average Bonchev–Trinajstić information content (AvgIpc) is 3.26. The Bertz CT molecular complexity index is 869. The number of aromatic nitrogens is 1. The molecule has 0 bridgehead atoms. The molecule has 0 unspecified atom stereocenters. The van der Waals surface area contributed by atoms with Gasteiger partial charge in [0, 0.05) is 13.2 Å². The Morgan fingerprint density at radius 2 is 2.00 bits per heavy atom. The van der Waals surface area contributed by atoms with Gasteiger partial charge >= 0.3 is 0 Å². The largest absolute Gasteiger partial charge is 0.457 e. The summed E-state index contributed by atoms with van der Waals surface area (Å²) in [5.74, 6) is 1.23. The Labute approximate surface area is 161 Å². The zero-order valence-electron chi connectivity index (χ0n) is 14.1. The van der Waals surface area contributed by atoms with E-state index >= 15 is 0 Å². The Hall–Kier alpha value is -1.93. The minimum absolute atomic E-state index is 0. The van der Waals surface area contributed by atoms with Crippen molar-refractivity contribution in [2.45, 2.75) is 24.9 Å². The van der Waals surface area contributed by atoms with Crippen LogP contribution in [0.15, 0.2) is 40.8 Å². The Morgan fingerprint density at radius 3 is 2.77 bits per heavy atom. The number of fused-ring (bicyclic) bond motifs is 1. The van der Waals surface area contributed by atoms with E-state index in [2.05, 4.69) is 10.3 Å². The van der Waals surface area contributed by atoms with Crippen LogP contribution in [0.1, 0.15) is 18.6 Å². The molecule has 0 spiro atoms. The molecule has 1 saturated heterocycles. The van der Waals surface area contributed by atoms with Crippen LogP contribution in [0.4, 0.5) is 0 Å². The standard InChI is InChI=1S/C18H19N3O3S.ClH/c19-18(7-9-23-10-8-18)17(22)20-11-12-5-6-14(24-12)16-21-13-3-1-2-4-15(13)25-16;/h1-6H,7-11,19H2,(H,20,22);1H. The molecule has 1 aliphatic heterocycles. The van der Waals surface area contributed by atoms with Crippen LogP contribution in [-0.4, -0.2) is 29.6 Å². The highest BCUT2D eigenvalue weighted by Gasteiger charge is 2.35. The summed E-state index contributed by atoms with van der Waals surface area (Å²) in [6.07, 6.45) is 1.07. The monoisotopic (exact) mass is 393 g/mol. The molecule has 0 saturated carbocycles. The maximum Gasteiger partial charge on any atom is 0.240 e. The van der Waals surface area contributed by atoms with Crippen molar-refractivity contribution in [2.24, 2.45) is 5.73 Å². The number of benzene rings is 1. The minimum Gasteiger partial charge on any atom is -0.457 e. The molecule has 3 N–H and O–H groups in total. The van der Waals surface area contributed by atoms with E-state index in [-0.39, 0.29) is 18.3 Å². The molecule has 3 aromatic rings. The number of furan rings is 1. The number of nitrogens with one attached hydrogen (secondary N) is 1. The van der Waals surface area contributed by atoms with E-state index < -0.39 is 5.54 Å². The topological polar surface area (TPSA) is 90.4 Å². The zero-order chi connectivity index (χ0) is 17.3. The van der Waals surface area contributed by atoms with Crippen molar-refractivity contribution in [3.63, 3.8) is 0 Å². The van der Waals surface area contributed by atoms with Gasteiger partial charge in [-0.1, -0.05) is 12.1 Å². The van der Waals surface area contributed by atoms with Gasteiger partial charge in [0.2, 0.25) is 5.91 Å². The number of ether oxygens (including phenoxy) is 1. The normalized spacial score (nSPS) is 16.2. The number of carbonyl (C=O) groups excluding carboxylic acids is 1. The molecule has 0 atom stereocenters. The van der Waals surface area contributed by atoms with Gasteiger partial charge in [0.15, 0.2) is 10.8 Å². The second-order valence-corrected chi connectivity index (χ2v) is 7.23. The predicted octanol–water partition coefficient (Wildman–Crippen LogP) is 3.10. The van der Waals surface area contributed by atoms with E-state index in [0.717, 1.165) is 15.2 Å². The summed E-state index contributed by atoms with van der Waals surface area (Å²) in [5, 5.41) is 3.70.